The lowest BCUT2D eigenvalue weighted by molar-refractivity contribution is 0.150. The molecule has 0 heterocycles. The molecule has 1 amide bonds. The average molecular weight is 174 g/mol. The Morgan fingerprint density at radius 1 is 1.58 bits per heavy atom. The first-order chi connectivity index (χ1) is 5.74. The minimum absolute atomic E-state index is 0.382. The van der Waals surface area contributed by atoms with Gasteiger partial charge < -0.3 is 10.1 Å². The summed E-state index contributed by atoms with van der Waals surface area (Å²) in [6.45, 7) is 2.29. The number of carbonyl (C=O) groups is 1. The van der Waals surface area contributed by atoms with Gasteiger partial charge in [-0.05, 0) is 6.42 Å². The Kier molecular flexibility index (Phi) is 6.00. The molecular weight excluding hydrogens is 160 g/mol. The molecule has 0 aromatic heterocycles. The second-order valence-corrected chi connectivity index (χ2v) is 2.07. The second kappa shape index (κ2) is 6.60. The minimum atomic E-state index is -0.572. The van der Waals surface area contributed by atoms with E-state index in [4.69, 9.17) is 4.74 Å². The third-order valence-electron chi connectivity index (χ3n) is 1.18. The Bertz CT molecular complexity index is 168. The molecule has 0 aliphatic heterocycles. The van der Waals surface area contributed by atoms with Crippen LogP contribution in [0, 0.1) is 0 Å². The van der Waals surface area contributed by atoms with E-state index in [1.165, 1.54) is 7.05 Å². The molecule has 0 bridgehead atoms. The van der Waals surface area contributed by atoms with E-state index >= 15 is 0 Å². The molecule has 0 aliphatic rings. The largest absolute Gasteiger partial charge is 0.433 e. The second-order valence-electron chi connectivity index (χ2n) is 2.07. The van der Waals surface area contributed by atoms with Crippen molar-refractivity contribution in [2.45, 2.75) is 13.3 Å². The molecule has 0 aromatic rings. The Labute approximate surface area is 71.7 Å². The zero-order chi connectivity index (χ0) is 9.40. The van der Waals surface area contributed by atoms with Crippen LogP contribution in [0.3, 0.4) is 0 Å². The first-order valence-corrected chi connectivity index (χ1v) is 3.68. The monoisotopic (exact) mass is 174 g/mol. The number of ether oxygens (including phenoxy) is 1. The van der Waals surface area contributed by atoms with Gasteiger partial charge in [0, 0.05) is 14.2 Å². The summed E-state index contributed by atoms with van der Waals surface area (Å²) in [5, 5.41) is 5.86. The minimum Gasteiger partial charge on any atom is -0.379 e. The van der Waals surface area contributed by atoms with Crippen molar-refractivity contribution >= 4 is 11.8 Å². The predicted molar refractivity (Wildman–Crippen MR) is 45.1 cm³/mol. The van der Waals surface area contributed by atoms with E-state index in [0.29, 0.717) is 18.7 Å². The Hall–Kier alpha value is -1.10. The van der Waals surface area contributed by atoms with E-state index in [1.807, 2.05) is 6.92 Å². The lowest BCUT2D eigenvalue weighted by Gasteiger charge is -2.00. The highest BCUT2D eigenvalue weighted by Gasteiger charge is 1.99. The topological polar surface area (TPSA) is 59.9 Å². The standard InChI is InChI=1S/C7H14N2O3/c1-4-6(5-11-3)9-12-7(10)8-2/h4-5H2,1-3H3,(H,8,10). The molecule has 1 N–H and O–H groups in total. The van der Waals surface area contributed by atoms with E-state index in [9.17, 15) is 4.79 Å². The molecule has 70 valence electrons. The number of rotatable bonds is 4. The maximum Gasteiger partial charge on any atom is 0.433 e. The summed E-state index contributed by atoms with van der Waals surface area (Å²) < 4.78 is 4.82. The molecule has 0 saturated carbocycles. The number of nitrogens with one attached hydrogen (secondary N) is 1. The van der Waals surface area contributed by atoms with E-state index in [1.54, 1.807) is 7.11 Å². The van der Waals surface area contributed by atoms with Crippen LogP contribution >= 0.6 is 0 Å². The normalized spacial score (nSPS) is 11.1. The van der Waals surface area contributed by atoms with Crippen molar-refractivity contribution < 1.29 is 14.4 Å². The van der Waals surface area contributed by atoms with E-state index < -0.39 is 6.09 Å². The SMILES string of the molecule is CCC(COC)=NOC(=O)NC. The average Bonchev–Trinajstić information content (AvgIpc) is 2.11. The fraction of sp³-hybridized carbons (Fsp3) is 0.714. The number of amides is 1. The summed E-state index contributed by atoms with van der Waals surface area (Å²) in [7, 11) is 3.03. The maximum atomic E-state index is 10.6. The molecule has 0 spiro atoms. The lowest BCUT2D eigenvalue weighted by atomic mass is 10.3. The van der Waals surface area contributed by atoms with Gasteiger partial charge in [-0.2, -0.15) is 0 Å². The fourth-order valence-corrected chi connectivity index (χ4v) is 0.511. The maximum absolute atomic E-state index is 10.6. The third-order valence-corrected chi connectivity index (χ3v) is 1.18. The van der Waals surface area contributed by atoms with Gasteiger partial charge in [0.25, 0.3) is 0 Å². The highest BCUT2D eigenvalue weighted by Crippen LogP contribution is 1.89. The summed E-state index contributed by atoms with van der Waals surface area (Å²) in [5.41, 5.74) is 0.695. The number of carbonyl (C=O) groups excluding carboxylic acids is 1. The van der Waals surface area contributed by atoms with Crippen molar-refractivity contribution in [3.05, 3.63) is 0 Å². The van der Waals surface area contributed by atoms with Crippen LogP contribution in [0.1, 0.15) is 13.3 Å². The fourth-order valence-electron chi connectivity index (χ4n) is 0.511. The molecule has 0 radical (unpaired) electrons. The Morgan fingerprint density at radius 2 is 2.25 bits per heavy atom. The summed E-state index contributed by atoms with van der Waals surface area (Å²) in [5.74, 6) is 0. The van der Waals surface area contributed by atoms with Crippen molar-refractivity contribution in [1.29, 1.82) is 0 Å². The molecule has 5 heteroatoms. The van der Waals surface area contributed by atoms with Gasteiger partial charge in [0.1, 0.15) is 0 Å². The summed E-state index contributed by atoms with van der Waals surface area (Å²) in [4.78, 5) is 15.0. The van der Waals surface area contributed by atoms with Crippen LogP contribution in [0.5, 0.6) is 0 Å². The zero-order valence-electron chi connectivity index (χ0n) is 7.59. The van der Waals surface area contributed by atoms with Crippen molar-refractivity contribution in [2.75, 3.05) is 20.8 Å². The molecule has 12 heavy (non-hydrogen) atoms. The highest BCUT2D eigenvalue weighted by molar-refractivity contribution is 5.85. The molecule has 0 unspecified atom stereocenters. The quantitative estimate of drug-likeness (QED) is 0.389. The van der Waals surface area contributed by atoms with Gasteiger partial charge in [0.15, 0.2) is 0 Å². The number of hydrogen-bond acceptors (Lipinski definition) is 4. The van der Waals surface area contributed by atoms with Gasteiger partial charge in [-0.15, -0.1) is 0 Å². The first-order valence-electron chi connectivity index (χ1n) is 3.68. The predicted octanol–water partition coefficient (Wildman–Crippen LogP) is 0.755. The van der Waals surface area contributed by atoms with Crippen LogP contribution in [0.25, 0.3) is 0 Å². The molecule has 0 atom stereocenters. The lowest BCUT2D eigenvalue weighted by Crippen LogP contribution is -2.18. The van der Waals surface area contributed by atoms with Crippen LogP contribution in [0.4, 0.5) is 4.79 Å². The van der Waals surface area contributed by atoms with E-state index in [0.717, 1.165) is 0 Å². The van der Waals surface area contributed by atoms with E-state index in [-0.39, 0.29) is 0 Å². The molecule has 0 aliphatic carbocycles. The molecule has 0 fully saturated rings. The smallest absolute Gasteiger partial charge is 0.379 e. The van der Waals surface area contributed by atoms with Crippen LogP contribution in [0.15, 0.2) is 5.16 Å². The summed E-state index contributed by atoms with van der Waals surface area (Å²) in [6.07, 6.45) is 0.127. The molecule has 0 rings (SSSR count). The highest BCUT2D eigenvalue weighted by atomic mass is 16.7. The van der Waals surface area contributed by atoms with Gasteiger partial charge >= 0.3 is 6.09 Å². The van der Waals surface area contributed by atoms with Crippen LogP contribution < -0.4 is 5.32 Å². The Morgan fingerprint density at radius 3 is 2.67 bits per heavy atom. The molecule has 0 aromatic carbocycles. The van der Waals surface area contributed by atoms with Gasteiger partial charge in [0.05, 0.1) is 12.3 Å². The zero-order valence-corrected chi connectivity index (χ0v) is 7.59. The van der Waals surface area contributed by atoms with Crippen molar-refractivity contribution in [2.24, 2.45) is 5.16 Å². The molecular formula is C7H14N2O3. The molecule has 0 saturated heterocycles. The van der Waals surface area contributed by atoms with Gasteiger partial charge in [0.2, 0.25) is 0 Å². The van der Waals surface area contributed by atoms with E-state index in [2.05, 4.69) is 15.3 Å². The van der Waals surface area contributed by atoms with Crippen LogP contribution in [0.2, 0.25) is 0 Å². The summed E-state index contributed by atoms with van der Waals surface area (Å²) in [6, 6.07) is 0. The van der Waals surface area contributed by atoms with Crippen molar-refractivity contribution in [3.63, 3.8) is 0 Å². The third kappa shape index (κ3) is 4.68. The van der Waals surface area contributed by atoms with Gasteiger partial charge in [-0.25, -0.2) is 4.79 Å². The Balaban J connectivity index is 3.84. The number of oxime groups is 1. The van der Waals surface area contributed by atoms with Gasteiger partial charge in [-0.1, -0.05) is 12.1 Å². The van der Waals surface area contributed by atoms with Gasteiger partial charge in [-0.3, -0.25) is 4.84 Å². The number of methoxy groups -OCH3 is 1. The first kappa shape index (κ1) is 10.9. The number of hydrogen-bond donors (Lipinski definition) is 1. The van der Waals surface area contributed by atoms with Crippen LogP contribution in [-0.2, 0) is 9.57 Å². The van der Waals surface area contributed by atoms with Crippen molar-refractivity contribution in [3.8, 4) is 0 Å². The number of nitrogens with zero attached hydrogens (tertiary/aromatic N) is 1. The summed E-state index contributed by atoms with van der Waals surface area (Å²) >= 11 is 0. The van der Waals surface area contributed by atoms with Crippen LogP contribution in [-0.4, -0.2) is 32.6 Å². The molecule has 5 nitrogen and oxygen atoms in total. The van der Waals surface area contributed by atoms with Crippen molar-refractivity contribution in [1.82, 2.24) is 5.32 Å².